The van der Waals surface area contributed by atoms with Crippen LogP contribution < -0.4 is 5.32 Å². The largest absolute Gasteiger partial charge is 0.310 e. The standard InChI is InChI=1S/C11H11FN2/c12-11-5-8(1-2-9(11)6-13)7-14-10-3-4-10/h1-2,5,10,14H,3-4,7H2. The van der Waals surface area contributed by atoms with Gasteiger partial charge < -0.3 is 5.32 Å². The van der Waals surface area contributed by atoms with Gasteiger partial charge in [-0.05, 0) is 30.5 Å². The Morgan fingerprint density at radius 2 is 2.29 bits per heavy atom. The molecular weight excluding hydrogens is 179 g/mol. The highest BCUT2D eigenvalue weighted by Gasteiger charge is 2.19. The zero-order valence-electron chi connectivity index (χ0n) is 7.76. The molecule has 0 bridgehead atoms. The van der Waals surface area contributed by atoms with E-state index in [1.165, 1.54) is 25.0 Å². The average Bonchev–Trinajstić information content (AvgIpc) is 2.98. The van der Waals surface area contributed by atoms with E-state index in [9.17, 15) is 4.39 Å². The zero-order chi connectivity index (χ0) is 9.97. The van der Waals surface area contributed by atoms with Crippen LogP contribution in [-0.2, 0) is 6.54 Å². The Hall–Kier alpha value is -1.40. The lowest BCUT2D eigenvalue weighted by molar-refractivity contribution is 0.616. The minimum atomic E-state index is -0.428. The fourth-order valence-electron chi connectivity index (χ4n) is 1.31. The molecule has 0 radical (unpaired) electrons. The van der Waals surface area contributed by atoms with Crippen molar-refractivity contribution in [2.75, 3.05) is 0 Å². The summed E-state index contributed by atoms with van der Waals surface area (Å²) in [5.74, 6) is -0.428. The molecule has 1 saturated carbocycles. The number of benzene rings is 1. The predicted octanol–water partition coefficient (Wildman–Crippen LogP) is 1.95. The van der Waals surface area contributed by atoms with Gasteiger partial charge in [0.05, 0.1) is 5.56 Å². The lowest BCUT2D eigenvalue weighted by Crippen LogP contribution is -2.15. The molecule has 1 aliphatic rings. The summed E-state index contributed by atoms with van der Waals surface area (Å²) in [7, 11) is 0. The lowest BCUT2D eigenvalue weighted by Gasteiger charge is -2.03. The molecule has 0 unspecified atom stereocenters. The normalized spacial score (nSPS) is 15.1. The molecule has 2 nitrogen and oxygen atoms in total. The van der Waals surface area contributed by atoms with Gasteiger partial charge >= 0.3 is 0 Å². The summed E-state index contributed by atoms with van der Waals surface area (Å²) >= 11 is 0. The molecule has 1 aromatic rings. The third-order valence-electron chi connectivity index (χ3n) is 2.33. The van der Waals surface area contributed by atoms with Gasteiger partial charge in [-0.25, -0.2) is 4.39 Å². The van der Waals surface area contributed by atoms with Crippen molar-refractivity contribution in [1.29, 1.82) is 5.26 Å². The number of hydrogen-bond acceptors (Lipinski definition) is 2. The number of nitrogens with one attached hydrogen (secondary N) is 1. The van der Waals surface area contributed by atoms with Gasteiger partial charge in [0.25, 0.3) is 0 Å². The Kier molecular flexibility index (Phi) is 2.47. The first-order valence-electron chi connectivity index (χ1n) is 4.71. The topological polar surface area (TPSA) is 35.8 Å². The van der Waals surface area contributed by atoms with Crippen LogP contribution in [0.15, 0.2) is 18.2 Å². The quantitative estimate of drug-likeness (QED) is 0.790. The van der Waals surface area contributed by atoms with E-state index in [1.54, 1.807) is 12.1 Å². The summed E-state index contributed by atoms with van der Waals surface area (Å²) in [5.41, 5.74) is 1.01. The first-order chi connectivity index (χ1) is 6.79. The third kappa shape index (κ3) is 2.09. The molecule has 0 saturated heterocycles. The van der Waals surface area contributed by atoms with Gasteiger partial charge in [0.1, 0.15) is 11.9 Å². The molecule has 1 fully saturated rings. The van der Waals surface area contributed by atoms with Crippen LogP contribution in [0.3, 0.4) is 0 Å². The van der Waals surface area contributed by atoms with Crippen molar-refractivity contribution in [3.05, 3.63) is 35.1 Å². The predicted molar refractivity (Wildman–Crippen MR) is 51.0 cm³/mol. The van der Waals surface area contributed by atoms with Crippen molar-refractivity contribution in [3.8, 4) is 6.07 Å². The Morgan fingerprint density at radius 3 is 2.86 bits per heavy atom. The Balaban J connectivity index is 2.03. The van der Waals surface area contributed by atoms with Crippen LogP contribution in [0.5, 0.6) is 0 Å². The highest BCUT2D eigenvalue weighted by Crippen LogP contribution is 2.19. The molecule has 1 N–H and O–H groups in total. The molecule has 14 heavy (non-hydrogen) atoms. The Bertz CT molecular complexity index is 377. The summed E-state index contributed by atoms with van der Waals surface area (Å²) in [4.78, 5) is 0. The van der Waals surface area contributed by atoms with Gasteiger partial charge in [-0.15, -0.1) is 0 Å². The Morgan fingerprint density at radius 1 is 1.50 bits per heavy atom. The number of nitriles is 1. The van der Waals surface area contributed by atoms with Crippen molar-refractivity contribution >= 4 is 0 Å². The minimum Gasteiger partial charge on any atom is -0.310 e. The van der Waals surface area contributed by atoms with E-state index in [1.807, 2.05) is 0 Å². The second-order valence-corrected chi connectivity index (χ2v) is 3.58. The van der Waals surface area contributed by atoms with Gasteiger partial charge in [-0.3, -0.25) is 0 Å². The average molecular weight is 190 g/mol. The maximum Gasteiger partial charge on any atom is 0.141 e. The summed E-state index contributed by atoms with van der Waals surface area (Å²) in [5, 5.41) is 11.8. The molecule has 0 atom stereocenters. The van der Waals surface area contributed by atoms with Crippen molar-refractivity contribution in [2.45, 2.75) is 25.4 Å². The molecule has 2 rings (SSSR count). The molecule has 1 aromatic carbocycles. The fourth-order valence-corrected chi connectivity index (χ4v) is 1.31. The monoisotopic (exact) mass is 190 g/mol. The van der Waals surface area contributed by atoms with E-state index < -0.39 is 5.82 Å². The summed E-state index contributed by atoms with van der Waals surface area (Å²) in [6.45, 7) is 0.688. The second-order valence-electron chi connectivity index (χ2n) is 3.58. The van der Waals surface area contributed by atoms with Gasteiger partial charge in [0, 0.05) is 12.6 Å². The second kappa shape index (κ2) is 3.77. The summed E-state index contributed by atoms with van der Waals surface area (Å²) in [6, 6.07) is 7.16. The lowest BCUT2D eigenvalue weighted by atomic mass is 10.1. The van der Waals surface area contributed by atoms with Gasteiger partial charge in [-0.2, -0.15) is 5.26 Å². The molecule has 3 heteroatoms. The van der Waals surface area contributed by atoms with Crippen LogP contribution in [0.1, 0.15) is 24.0 Å². The molecule has 72 valence electrons. The summed E-state index contributed by atoms with van der Waals surface area (Å²) < 4.78 is 13.1. The first kappa shape index (κ1) is 9.17. The summed E-state index contributed by atoms with van der Waals surface area (Å²) in [6.07, 6.45) is 2.44. The van der Waals surface area contributed by atoms with Crippen molar-refractivity contribution in [2.24, 2.45) is 0 Å². The van der Waals surface area contributed by atoms with Crippen molar-refractivity contribution < 1.29 is 4.39 Å². The van der Waals surface area contributed by atoms with Crippen LogP contribution in [0.4, 0.5) is 4.39 Å². The van der Waals surface area contributed by atoms with Gasteiger partial charge in [-0.1, -0.05) is 6.07 Å². The maximum absolute atomic E-state index is 13.1. The molecular formula is C11H11FN2. The number of nitrogens with zero attached hydrogens (tertiary/aromatic N) is 1. The van der Waals surface area contributed by atoms with E-state index in [4.69, 9.17) is 5.26 Å². The smallest absolute Gasteiger partial charge is 0.141 e. The van der Waals surface area contributed by atoms with Crippen LogP contribution in [0, 0.1) is 17.1 Å². The number of halogens is 1. The van der Waals surface area contributed by atoms with Crippen LogP contribution in [-0.4, -0.2) is 6.04 Å². The van der Waals surface area contributed by atoms with E-state index >= 15 is 0 Å². The third-order valence-corrected chi connectivity index (χ3v) is 2.33. The van der Waals surface area contributed by atoms with Crippen LogP contribution >= 0.6 is 0 Å². The van der Waals surface area contributed by atoms with E-state index in [2.05, 4.69) is 5.32 Å². The van der Waals surface area contributed by atoms with E-state index in [0.717, 1.165) is 5.56 Å². The van der Waals surface area contributed by atoms with Crippen LogP contribution in [0.2, 0.25) is 0 Å². The van der Waals surface area contributed by atoms with Crippen molar-refractivity contribution in [1.82, 2.24) is 5.32 Å². The molecule has 0 aromatic heterocycles. The first-order valence-corrected chi connectivity index (χ1v) is 4.71. The Labute approximate surface area is 82.4 Å². The zero-order valence-corrected chi connectivity index (χ0v) is 7.76. The molecule has 1 aliphatic carbocycles. The highest BCUT2D eigenvalue weighted by atomic mass is 19.1. The van der Waals surface area contributed by atoms with E-state index in [-0.39, 0.29) is 5.56 Å². The van der Waals surface area contributed by atoms with Crippen LogP contribution in [0.25, 0.3) is 0 Å². The molecule has 0 aliphatic heterocycles. The van der Waals surface area contributed by atoms with Gasteiger partial charge in [0.15, 0.2) is 0 Å². The SMILES string of the molecule is N#Cc1ccc(CNC2CC2)cc1F. The number of rotatable bonds is 3. The van der Waals surface area contributed by atoms with Crippen molar-refractivity contribution in [3.63, 3.8) is 0 Å². The molecule has 0 amide bonds. The van der Waals surface area contributed by atoms with E-state index in [0.29, 0.717) is 12.6 Å². The van der Waals surface area contributed by atoms with Gasteiger partial charge in [0.2, 0.25) is 0 Å². The minimum absolute atomic E-state index is 0.111. The molecule has 0 heterocycles. The molecule has 0 spiro atoms. The highest BCUT2D eigenvalue weighted by molar-refractivity contribution is 5.33. The number of hydrogen-bond donors (Lipinski definition) is 1. The maximum atomic E-state index is 13.1. The fraction of sp³-hybridized carbons (Fsp3) is 0.364.